The fourth-order valence-corrected chi connectivity index (χ4v) is 2.76. The zero-order valence-electron chi connectivity index (χ0n) is 10.1. The summed E-state index contributed by atoms with van der Waals surface area (Å²) in [5.74, 6) is 0.618. The lowest BCUT2D eigenvalue weighted by atomic mass is 10.5. The summed E-state index contributed by atoms with van der Waals surface area (Å²) in [5, 5.41) is 6.09. The Morgan fingerprint density at radius 1 is 1.33 bits per heavy atom. The standard InChI is InChI=1S/C11H12N6S/c1-3-16-5-4-12-11(16)18-9-6-8(2)15-10-13-7-14-17(9)10/h4-7H,3H2,1-2H3. The maximum atomic E-state index is 4.35. The van der Waals surface area contributed by atoms with E-state index < -0.39 is 0 Å². The predicted octanol–water partition coefficient (Wildman–Crippen LogP) is 1.80. The van der Waals surface area contributed by atoms with Crippen molar-refractivity contribution in [3.8, 4) is 0 Å². The van der Waals surface area contributed by atoms with Gasteiger partial charge in [-0.1, -0.05) is 0 Å². The maximum absolute atomic E-state index is 4.35. The van der Waals surface area contributed by atoms with Crippen LogP contribution >= 0.6 is 11.8 Å². The van der Waals surface area contributed by atoms with E-state index in [1.165, 1.54) is 6.33 Å². The van der Waals surface area contributed by atoms with Crippen LogP contribution in [-0.2, 0) is 6.54 Å². The van der Waals surface area contributed by atoms with Gasteiger partial charge in [-0.3, -0.25) is 0 Å². The Labute approximate surface area is 108 Å². The topological polar surface area (TPSA) is 60.9 Å². The molecule has 0 atom stereocenters. The molecule has 0 aromatic carbocycles. The Kier molecular flexibility index (Phi) is 2.75. The Bertz CT molecular complexity index is 686. The first-order valence-corrected chi connectivity index (χ1v) is 6.46. The van der Waals surface area contributed by atoms with Crippen LogP contribution in [0.25, 0.3) is 5.78 Å². The van der Waals surface area contributed by atoms with Crippen LogP contribution < -0.4 is 0 Å². The highest BCUT2D eigenvalue weighted by atomic mass is 32.2. The van der Waals surface area contributed by atoms with Crippen LogP contribution in [0.1, 0.15) is 12.6 Å². The second kappa shape index (κ2) is 4.41. The zero-order chi connectivity index (χ0) is 12.5. The van der Waals surface area contributed by atoms with Gasteiger partial charge in [0, 0.05) is 24.6 Å². The molecule has 0 fully saturated rings. The number of fused-ring (bicyclic) bond motifs is 1. The van der Waals surface area contributed by atoms with Crippen molar-refractivity contribution in [3.63, 3.8) is 0 Å². The van der Waals surface area contributed by atoms with Crippen LogP contribution in [0.15, 0.2) is 35.0 Å². The van der Waals surface area contributed by atoms with Gasteiger partial charge >= 0.3 is 0 Å². The van der Waals surface area contributed by atoms with Crippen LogP contribution in [0.2, 0.25) is 0 Å². The van der Waals surface area contributed by atoms with E-state index in [-0.39, 0.29) is 0 Å². The van der Waals surface area contributed by atoms with Crippen LogP contribution in [0.5, 0.6) is 0 Å². The minimum Gasteiger partial charge on any atom is -0.326 e. The molecule has 7 heteroatoms. The number of imidazole rings is 1. The van der Waals surface area contributed by atoms with Gasteiger partial charge in [0.1, 0.15) is 11.4 Å². The average molecular weight is 260 g/mol. The number of aromatic nitrogens is 6. The number of hydrogen-bond donors (Lipinski definition) is 0. The van der Waals surface area contributed by atoms with E-state index in [4.69, 9.17) is 0 Å². The lowest BCUT2D eigenvalue weighted by Crippen LogP contribution is -2.00. The molecule has 92 valence electrons. The summed E-state index contributed by atoms with van der Waals surface area (Å²) < 4.78 is 3.82. The fourth-order valence-electron chi connectivity index (χ4n) is 1.70. The summed E-state index contributed by atoms with van der Waals surface area (Å²) in [6.45, 7) is 4.94. The molecule has 0 amide bonds. The first-order chi connectivity index (χ1) is 8.78. The van der Waals surface area contributed by atoms with Crippen molar-refractivity contribution in [2.75, 3.05) is 0 Å². The predicted molar refractivity (Wildman–Crippen MR) is 67.5 cm³/mol. The van der Waals surface area contributed by atoms with Gasteiger partial charge in [0.25, 0.3) is 5.78 Å². The third-order valence-corrected chi connectivity index (χ3v) is 3.58. The first kappa shape index (κ1) is 11.2. The minimum absolute atomic E-state index is 0.618. The summed E-state index contributed by atoms with van der Waals surface area (Å²) >= 11 is 1.57. The second-order valence-corrected chi connectivity index (χ2v) is 4.79. The van der Waals surface area contributed by atoms with E-state index in [0.29, 0.717) is 5.78 Å². The van der Waals surface area contributed by atoms with E-state index in [9.17, 15) is 0 Å². The molecule has 3 heterocycles. The summed E-state index contributed by atoms with van der Waals surface area (Å²) in [4.78, 5) is 12.8. The largest absolute Gasteiger partial charge is 0.326 e. The quantitative estimate of drug-likeness (QED) is 0.672. The van der Waals surface area contributed by atoms with Gasteiger partial charge in [-0.05, 0) is 31.7 Å². The van der Waals surface area contributed by atoms with Gasteiger partial charge in [-0.2, -0.15) is 14.6 Å². The highest BCUT2D eigenvalue weighted by molar-refractivity contribution is 7.99. The number of rotatable bonds is 3. The molecule has 0 N–H and O–H groups in total. The van der Waals surface area contributed by atoms with E-state index in [1.807, 2.05) is 19.2 Å². The van der Waals surface area contributed by atoms with E-state index in [0.717, 1.165) is 22.4 Å². The van der Waals surface area contributed by atoms with Crippen LogP contribution in [0.4, 0.5) is 0 Å². The van der Waals surface area contributed by atoms with Crippen molar-refractivity contribution in [1.29, 1.82) is 0 Å². The molecular weight excluding hydrogens is 248 g/mol. The van der Waals surface area contributed by atoms with Crippen LogP contribution in [-0.4, -0.2) is 29.1 Å². The van der Waals surface area contributed by atoms with Crippen LogP contribution in [0.3, 0.4) is 0 Å². The van der Waals surface area contributed by atoms with Crippen molar-refractivity contribution in [2.24, 2.45) is 0 Å². The molecule has 6 nitrogen and oxygen atoms in total. The SMILES string of the molecule is CCn1ccnc1Sc1cc(C)nc2ncnn12. The Morgan fingerprint density at radius 3 is 3.06 bits per heavy atom. The highest BCUT2D eigenvalue weighted by Crippen LogP contribution is 2.26. The molecule has 0 aliphatic carbocycles. The summed E-state index contributed by atoms with van der Waals surface area (Å²) in [5.41, 5.74) is 0.924. The molecule has 0 unspecified atom stereocenters. The van der Waals surface area contributed by atoms with Gasteiger partial charge in [0.2, 0.25) is 0 Å². The molecule has 0 spiro atoms. The Hall–Kier alpha value is -1.89. The lowest BCUT2D eigenvalue weighted by molar-refractivity contribution is 0.679. The van der Waals surface area contributed by atoms with Crippen molar-refractivity contribution >= 4 is 17.5 Å². The highest BCUT2D eigenvalue weighted by Gasteiger charge is 2.10. The van der Waals surface area contributed by atoms with E-state index >= 15 is 0 Å². The molecule has 18 heavy (non-hydrogen) atoms. The van der Waals surface area contributed by atoms with Gasteiger partial charge < -0.3 is 4.57 Å². The van der Waals surface area contributed by atoms with Gasteiger partial charge in [-0.15, -0.1) is 0 Å². The van der Waals surface area contributed by atoms with Gasteiger partial charge in [0.15, 0.2) is 5.16 Å². The van der Waals surface area contributed by atoms with Gasteiger partial charge in [-0.25, -0.2) is 9.97 Å². The molecule has 3 aromatic rings. The molecule has 3 rings (SSSR count). The fraction of sp³-hybridized carbons (Fsp3) is 0.273. The molecule has 0 aliphatic heterocycles. The molecule has 0 saturated heterocycles. The second-order valence-electron chi connectivity index (χ2n) is 3.81. The third-order valence-electron chi connectivity index (χ3n) is 2.56. The molecule has 0 radical (unpaired) electrons. The van der Waals surface area contributed by atoms with Crippen molar-refractivity contribution in [2.45, 2.75) is 30.6 Å². The molecule has 0 aliphatic rings. The lowest BCUT2D eigenvalue weighted by Gasteiger charge is -2.06. The third kappa shape index (κ3) is 1.86. The summed E-state index contributed by atoms with van der Waals surface area (Å²) in [6, 6.07) is 1.99. The Morgan fingerprint density at radius 2 is 2.22 bits per heavy atom. The summed E-state index contributed by atoms with van der Waals surface area (Å²) in [7, 11) is 0. The molecular formula is C11H12N6S. The summed E-state index contributed by atoms with van der Waals surface area (Å²) in [6.07, 6.45) is 5.28. The smallest absolute Gasteiger partial charge is 0.253 e. The van der Waals surface area contributed by atoms with E-state index in [1.54, 1.807) is 22.5 Å². The zero-order valence-corrected chi connectivity index (χ0v) is 10.9. The van der Waals surface area contributed by atoms with Crippen molar-refractivity contribution in [3.05, 3.63) is 30.5 Å². The van der Waals surface area contributed by atoms with E-state index in [2.05, 4.69) is 31.5 Å². The molecule has 3 aromatic heterocycles. The van der Waals surface area contributed by atoms with Crippen molar-refractivity contribution in [1.82, 2.24) is 29.1 Å². The maximum Gasteiger partial charge on any atom is 0.253 e. The number of hydrogen-bond acceptors (Lipinski definition) is 5. The number of nitrogens with zero attached hydrogens (tertiary/aromatic N) is 6. The van der Waals surface area contributed by atoms with Gasteiger partial charge in [0.05, 0.1) is 0 Å². The Balaban J connectivity index is 2.06. The van der Waals surface area contributed by atoms with Crippen LogP contribution in [0, 0.1) is 6.92 Å². The monoisotopic (exact) mass is 260 g/mol. The normalized spacial score (nSPS) is 11.2. The minimum atomic E-state index is 0.618. The first-order valence-electron chi connectivity index (χ1n) is 5.64. The average Bonchev–Trinajstić information content (AvgIpc) is 2.96. The molecule has 0 saturated carbocycles. The number of aryl methyl sites for hydroxylation is 2. The van der Waals surface area contributed by atoms with Crippen molar-refractivity contribution < 1.29 is 0 Å². The molecule has 0 bridgehead atoms.